The van der Waals surface area contributed by atoms with Crippen LogP contribution in [0.4, 0.5) is 0 Å². The summed E-state index contributed by atoms with van der Waals surface area (Å²) in [6.07, 6.45) is 10.3. The predicted molar refractivity (Wildman–Crippen MR) is 180 cm³/mol. The van der Waals surface area contributed by atoms with Crippen molar-refractivity contribution >= 4 is 28.0 Å². The van der Waals surface area contributed by atoms with E-state index in [0.29, 0.717) is 30.6 Å². The van der Waals surface area contributed by atoms with E-state index in [1.165, 1.54) is 5.56 Å². The number of nitrogens with one attached hydrogen (secondary N) is 1. The van der Waals surface area contributed by atoms with Crippen LogP contribution in [0, 0.1) is 0 Å². The van der Waals surface area contributed by atoms with Crippen LogP contribution >= 0.6 is 0 Å². The number of aromatic nitrogens is 2. The molecule has 3 aromatic carbocycles. The molecule has 7 rings (SSSR count). The second kappa shape index (κ2) is 12.7. The monoisotopic (exact) mass is 616 g/mol. The number of ketones is 1. The SMILES string of the molecule is Cn1cc(C2=CN([C@H]3CNC(C(=O)c4ccc(-c5ccccc5CN5CCC[C@@H]5CO)c5ccccc45)C3)CC(C(N)=O)=C2)cn1. The fourth-order valence-corrected chi connectivity index (χ4v) is 7.36. The van der Waals surface area contributed by atoms with Crippen LogP contribution in [0.1, 0.15) is 40.7 Å². The van der Waals surface area contributed by atoms with Gasteiger partial charge >= 0.3 is 0 Å². The van der Waals surface area contributed by atoms with E-state index in [2.05, 4.69) is 62.8 Å². The minimum absolute atomic E-state index is 0.0226. The lowest BCUT2D eigenvalue weighted by atomic mass is 9.89. The summed E-state index contributed by atoms with van der Waals surface area (Å²) in [6.45, 7) is 2.97. The summed E-state index contributed by atoms with van der Waals surface area (Å²) in [4.78, 5) is 30.9. The van der Waals surface area contributed by atoms with Gasteiger partial charge in [0.1, 0.15) is 0 Å². The Labute approximate surface area is 269 Å². The van der Waals surface area contributed by atoms with Crippen molar-refractivity contribution < 1.29 is 14.7 Å². The fraction of sp³-hybridized carbons (Fsp3) is 0.324. The van der Waals surface area contributed by atoms with Gasteiger partial charge in [-0.25, -0.2) is 0 Å². The minimum Gasteiger partial charge on any atom is -0.395 e. The summed E-state index contributed by atoms with van der Waals surface area (Å²) in [7, 11) is 1.86. The Kier molecular flexibility index (Phi) is 8.29. The lowest BCUT2D eigenvalue weighted by Gasteiger charge is -2.31. The van der Waals surface area contributed by atoms with Crippen molar-refractivity contribution in [1.82, 2.24) is 24.9 Å². The van der Waals surface area contributed by atoms with Crippen LogP contribution in [0.3, 0.4) is 0 Å². The molecule has 46 heavy (non-hydrogen) atoms. The van der Waals surface area contributed by atoms with Crippen LogP contribution in [0.15, 0.2) is 90.9 Å². The minimum atomic E-state index is -0.445. The number of nitrogens with zero attached hydrogens (tertiary/aromatic N) is 4. The highest BCUT2D eigenvalue weighted by atomic mass is 16.3. The molecule has 0 spiro atoms. The Morgan fingerprint density at radius 2 is 1.85 bits per heavy atom. The summed E-state index contributed by atoms with van der Waals surface area (Å²) in [5, 5.41) is 19.6. The zero-order valence-electron chi connectivity index (χ0n) is 26.1. The number of Topliss-reactive ketones (excluding diaryl/α,β-unsaturated/α-hetero) is 1. The molecule has 3 atom stereocenters. The highest BCUT2D eigenvalue weighted by molar-refractivity contribution is 6.13. The number of amides is 1. The summed E-state index contributed by atoms with van der Waals surface area (Å²) >= 11 is 0. The van der Waals surface area contributed by atoms with Crippen molar-refractivity contribution in [3.63, 3.8) is 0 Å². The Balaban J connectivity index is 1.15. The van der Waals surface area contributed by atoms with Gasteiger partial charge in [-0.2, -0.15) is 5.10 Å². The van der Waals surface area contributed by atoms with E-state index in [0.717, 1.165) is 59.0 Å². The Morgan fingerprint density at radius 3 is 2.63 bits per heavy atom. The first-order valence-corrected chi connectivity index (χ1v) is 16.1. The van der Waals surface area contributed by atoms with E-state index < -0.39 is 5.91 Å². The highest BCUT2D eigenvalue weighted by Crippen LogP contribution is 2.35. The molecule has 3 aliphatic heterocycles. The number of hydrogen-bond acceptors (Lipinski definition) is 7. The zero-order chi connectivity index (χ0) is 31.8. The second-order valence-corrected chi connectivity index (χ2v) is 12.7. The normalized spacial score (nSPS) is 21.9. The van der Waals surface area contributed by atoms with Crippen molar-refractivity contribution in [2.24, 2.45) is 12.8 Å². The number of fused-ring (bicyclic) bond motifs is 1. The average Bonchev–Trinajstić information content (AvgIpc) is 3.86. The standard InChI is InChI=1S/C37H40N6O3/c1-41-19-27(17-40-41)25-15-26(37(38)46)22-43(21-25)29-16-35(39-18-29)36(45)34-13-12-33(31-10-4-5-11-32(31)34)30-9-3-2-7-24(30)20-42-14-6-8-28(42)23-44/h2-5,7,9-13,15,17,19,21,28-29,35,39,44H,6,8,14,16,18,20,22-23H2,1H3,(H2,38,46)/t28-,29-,35?/m1/s1. The molecule has 236 valence electrons. The summed E-state index contributed by atoms with van der Waals surface area (Å²) < 4.78 is 1.73. The first-order chi connectivity index (χ1) is 22.4. The van der Waals surface area contributed by atoms with Crippen molar-refractivity contribution in [3.8, 4) is 11.1 Å². The number of hydrogen-bond donors (Lipinski definition) is 3. The number of carbonyl (C=O) groups excluding carboxylic acids is 2. The highest BCUT2D eigenvalue weighted by Gasteiger charge is 2.35. The molecule has 3 aliphatic rings. The number of aliphatic hydroxyl groups is 1. The molecular weight excluding hydrogens is 576 g/mol. The van der Waals surface area contributed by atoms with Crippen LogP contribution in [-0.4, -0.2) is 80.7 Å². The fourth-order valence-electron chi connectivity index (χ4n) is 7.36. The molecule has 4 N–H and O–H groups in total. The molecule has 0 radical (unpaired) electrons. The second-order valence-electron chi connectivity index (χ2n) is 12.7. The van der Waals surface area contributed by atoms with E-state index >= 15 is 0 Å². The molecule has 9 nitrogen and oxygen atoms in total. The molecule has 1 aromatic heterocycles. The summed E-state index contributed by atoms with van der Waals surface area (Å²) in [6, 6.07) is 20.6. The first kappa shape index (κ1) is 30.1. The molecule has 1 amide bonds. The topological polar surface area (TPSA) is 117 Å². The average molecular weight is 617 g/mol. The van der Waals surface area contributed by atoms with Crippen molar-refractivity contribution in [2.75, 3.05) is 26.2 Å². The molecule has 9 heteroatoms. The smallest absolute Gasteiger partial charge is 0.246 e. The first-order valence-electron chi connectivity index (χ1n) is 16.1. The number of likely N-dealkylation sites (tertiary alicyclic amines) is 1. The summed E-state index contributed by atoms with van der Waals surface area (Å²) in [5.41, 5.74) is 12.2. The van der Waals surface area contributed by atoms with Gasteiger partial charge in [-0.1, -0.05) is 60.7 Å². The van der Waals surface area contributed by atoms with Crippen molar-refractivity contribution in [3.05, 3.63) is 108 Å². The van der Waals surface area contributed by atoms with Crippen LogP contribution < -0.4 is 11.1 Å². The number of allylic oxidation sites excluding steroid dienone is 2. The molecule has 0 aliphatic carbocycles. The Bertz CT molecular complexity index is 1860. The van der Waals surface area contributed by atoms with Gasteiger partial charge in [0.05, 0.1) is 18.8 Å². The van der Waals surface area contributed by atoms with Gasteiger partial charge in [0.15, 0.2) is 5.78 Å². The third kappa shape index (κ3) is 5.77. The molecule has 2 saturated heterocycles. The Hall–Kier alpha value is -4.57. The number of carbonyl (C=O) groups is 2. The quantitative estimate of drug-likeness (QED) is 0.245. The molecule has 2 fully saturated rings. The number of nitrogens with two attached hydrogens (primary N) is 1. The van der Waals surface area contributed by atoms with E-state index in [1.807, 2.05) is 43.6 Å². The van der Waals surface area contributed by atoms with Gasteiger partial charge in [0, 0.05) is 73.4 Å². The number of primary amides is 1. The maximum atomic E-state index is 14.1. The number of aryl methyl sites for hydroxylation is 1. The molecule has 4 heterocycles. The summed E-state index contributed by atoms with van der Waals surface area (Å²) in [5.74, 6) is -0.375. The largest absolute Gasteiger partial charge is 0.395 e. The predicted octanol–water partition coefficient (Wildman–Crippen LogP) is 3.88. The molecule has 0 bridgehead atoms. The van der Waals surface area contributed by atoms with Gasteiger partial charge in [-0.3, -0.25) is 19.2 Å². The van der Waals surface area contributed by atoms with Crippen molar-refractivity contribution in [2.45, 2.75) is 43.9 Å². The van der Waals surface area contributed by atoms with Crippen LogP contribution in [0.2, 0.25) is 0 Å². The zero-order valence-corrected chi connectivity index (χ0v) is 26.1. The number of benzene rings is 3. The third-order valence-corrected chi connectivity index (χ3v) is 9.82. The van der Waals surface area contributed by atoms with Gasteiger partial charge in [-0.05, 0) is 59.3 Å². The van der Waals surface area contributed by atoms with E-state index in [4.69, 9.17) is 5.73 Å². The van der Waals surface area contributed by atoms with Crippen LogP contribution in [0.5, 0.6) is 0 Å². The lowest BCUT2D eigenvalue weighted by molar-refractivity contribution is -0.114. The molecule has 4 aromatic rings. The maximum absolute atomic E-state index is 14.1. The van der Waals surface area contributed by atoms with Gasteiger partial charge in [-0.15, -0.1) is 0 Å². The van der Waals surface area contributed by atoms with Crippen LogP contribution in [-0.2, 0) is 18.4 Å². The number of aliphatic hydroxyl groups excluding tert-OH is 1. The van der Waals surface area contributed by atoms with Gasteiger partial charge < -0.3 is 21.1 Å². The van der Waals surface area contributed by atoms with Gasteiger partial charge in [0.2, 0.25) is 5.91 Å². The molecular formula is C37H40N6O3. The van der Waals surface area contributed by atoms with Crippen LogP contribution in [0.25, 0.3) is 27.5 Å². The lowest BCUT2D eigenvalue weighted by Crippen LogP contribution is -2.38. The third-order valence-electron chi connectivity index (χ3n) is 9.82. The van der Waals surface area contributed by atoms with E-state index in [9.17, 15) is 14.7 Å². The van der Waals surface area contributed by atoms with Crippen molar-refractivity contribution in [1.29, 1.82) is 0 Å². The van der Waals surface area contributed by atoms with E-state index in [-0.39, 0.29) is 30.5 Å². The molecule has 1 unspecified atom stereocenters. The van der Waals surface area contributed by atoms with Gasteiger partial charge in [0.25, 0.3) is 0 Å². The van der Waals surface area contributed by atoms with E-state index in [1.54, 1.807) is 10.9 Å². The molecule has 0 saturated carbocycles. The number of rotatable bonds is 9. The Morgan fingerprint density at radius 1 is 1.04 bits per heavy atom. The maximum Gasteiger partial charge on any atom is 0.246 e.